The van der Waals surface area contributed by atoms with Gasteiger partial charge in [-0.1, -0.05) is 24.3 Å². The van der Waals surface area contributed by atoms with Crippen LogP contribution in [-0.4, -0.2) is 29.2 Å². The minimum absolute atomic E-state index is 0.0998. The molecule has 0 spiro atoms. The predicted octanol–water partition coefficient (Wildman–Crippen LogP) is 3.17. The van der Waals surface area contributed by atoms with Crippen LogP contribution in [0.25, 0.3) is 22.4 Å². The summed E-state index contributed by atoms with van der Waals surface area (Å²) in [6.07, 6.45) is 0. The molecule has 5 nitrogen and oxygen atoms in total. The van der Waals surface area contributed by atoms with Gasteiger partial charge in [-0.05, 0) is 31.2 Å². The number of fused-ring (bicyclic) bond motifs is 1. The molecule has 22 heavy (non-hydrogen) atoms. The van der Waals surface area contributed by atoms with Crippen molar-refractivity contribution in [3.05, 3.63) is 48.5 Å². The number of aromatic amines is 1. The molecule has 0 aliphatic carbocycles. The number of para-hydroxylation sites is 2. The number of aromatic nitrogens is 2. The molecule has 0 atom stereocenters. The molecule has 0 fully saturated rings. The van der Waals surface area contributed by atoms with Gasteiger partial charge in [0.25, 0.3) is 0 Å². The Balaban J connectivity index is 1.80. The first-order valence-corrected chi connectivity index (χ1v) is 7.10. The van der Waals surface area contributed by atoms with Crippen LogP contribution >= 0.6 is 0 Å². The molecule has 0 unspecified atom stereocenters. The van der Waals surface area contributed by atoms with Crippen LogP contribution in [0.4, 0.5) is 0 Å². The van der Waals surface area contributed by atoms with Crippen LogP contribution in [0.2, 0.25) is 0 Å². The Morgan fingerprint density at radius 3 is 2.86 bits per heavy atom. The Labute approximate surface area is 127 Å². The molecule has 5 heteroatoms. The highest BCUT2D eigenvalue weighted by Gasteiger charge is 2.07. The molecule has 1 N–H and O–H groups in total. The van der Waals surface area contributed by atoms with Crippen molar-refractivity contribution in [2.24, 2.45) is 0 Å². The Kier molecular flexibility index (Phi) is 4.05. The maximum Gasteiger partial charge on any atom is 0.344 e. The number of hydrogen-bond acceptors (Lipinski definition) is 4. The van der Waals surface area contributed by atoms with Gasteiger partial charge in [0.1, 0.15) is 11.6 Å². The van der Waals surface area contributed by atoms with Gasteiger partial charge < -0.3 is 14.5 Å². The summed E-state index contributed by atoms with van der Waals surface area (Å²) in [5, 5.41) is 0. The fourth-order valence-corrected chi connectivity index (χ4v) is 2.17. The summed E-state index contributed by atoms with van der Waals surface area (Å²) in [7, 11) is 0. The van der Waals surface area contributed by atoms with E-state index >= 15 is 0 Å². The van der Waals surface area contributed by atoms with Crippen LogP contribution in [0, 0.1) is 0 Å². The lowest BCUT2D eigenvalue weighted by Crippen LogP contribution is -2.14. The topological polar surface area (TPSA) is 64.2 Å². The molecule has 0 saturated carbocycles. The standard InChI is InChI=1S/C17H16N2O3/c1-2-21-16(20)11-22-13-7-5-6-12(10-13)17-18-14-8-3-4-9-15(14)19-17/h3-10H,2,11H2,1H3,(H,18,19). The molecule has 1 heterocycles. The molecule has 2 aromatic carbocycles. The number of carbonyl (C=O) groups is 1. The van der Waals surface area contributed by atoms with Crippen LogP contribution in [0.5, 0.6) is 5.75 Å². The zero-order valence-electron chi connectivity index (χ0n) is 12.2. The number of hydrogen-bond donors (Lipinski definition) is 1. The van der Waals surface area contributed by atoms with Gasteiger partial charge in [-0.2, -0.15) is 0 Å². The van der Waals surface area contributed by atoms with E-state index in [1.165, 1.54) is 0 Å². The number of nitrogens with one attached hydrogen (secondary N) is 1. The van der Waals surface area contributed by atoms with Crippen molar-refractivity contribution in [3.8, 4) is 17.1 Å². The highest BCUT2D eigenvalue weighted by molar-refractivity contribution is 5.79. The first-order chi connectivity index (χ1) is 10.8. The number of ether oxygens (including phenoxy) is 2. The quantitative estimate of drug-likeness (QED) is 0.734. The third-order valence-corrected chi connectivity index (χ3v) is 3.16. The maximum atomic E-state index is 11.3. The van der Waals surface area contributed by atoms with E-state index in [1.807, 2.05) is 42.5 Å². The number of H-pyrrole nitrogens is 1. The van der Waals surface area contributed by atoms with Gasteiger partial charge in [0.15, 0.2) is 6.61 Å². The van der Waals surface area contributed by atoms with Gasteiger partial charge in [0, 0.05) is 5.56 Å². The van der Waals surface area contributed by atoms with Crippen molar-refractivity contribution in [1.82, 2.24) is 9.97 Å². The molecule has 0 amide bonds. The highest BCUT2D eigenvalue weighted by atomic mass is 16.6. The molecular weight excluding hydrogens is 280 g/mol. The summed E-state index contributed by atoms with van der Waals surface area (Å²) >= 11 is 0. The smallest absolute Gasteiger partial charge is 0.344 e. The lowest BCUT2D eigenvalue weighted by Gasteiger charge is -2.06. The van der Waals surface area contributed by atoms with Crippen molar-refractivity contribution >= 4 is 17.0 Å². The van der Waals surface area contributed by atoms with Crippen molar-refractivity contribution < 1.29 is 14.3 Å². The van der Waals surface area contributed by atoms with E-state index in [0.717, 1.165) is 22.4 Å². The van der Waals surface area contributed by atoms with Crippen molar-refractivity contribution in [2.45, 2.75) is 6.92 Å². The second-order valence-corrected chi connectivity index (χ2v) is 4.72. The Hall–Kier alpha value is -2.82. The van der Waals surface area contributed by atoms with Crippen LogP contribution in [0.3, 0.4) is 0 Å². The number of rotatable bonds is 5. The first-order valence-electron chi connectivity index (χ1n) is 7.10. The number of carbonyl (C=O) groups excluding carboxylic acids is 1. The van der Waals surface area contributed by atoms with Crippen LogP contribution in [0.1, 0.15) is 6.92 Å². The summed E-state index contributed by atoms with van der Waals surface area (Å²) in [6, 6.07) is 15.3. The van der Waals surface area contributed by atoms with E-state index in [2.05, 4.69) is 9.97 Å². The first kappa shape index (κ1) is 14.1. The third-order valence-electron chi connectivity index (χ3n) is 3.16. The average molecular weight is 296 g/mol. The second-order valence-electron chi connectivity index (χ2n) is 4.72. The molecule has 3 aromatic rings. The molecule has 1 aromatic heterocycles. The Bertz CT molecular complexity index is 762. The Morgan fingerprint density at radius 1 is 1.18 bits per heavy atom. The van der Waals surface area contributed by atoms with Gasteiger partial charge in [0.2, 0.25) is 0 Å². The van der Waals surface area contributed by atoms with E-state index in [4.69, 9.17) is 9.47 Å². The number of imidazole rings is 1. The summed E-state index contributed by atoms with van der Waals surface area (Å²) in [5.41, 5.74) is 2.79. The van der Waals surface area contributed by atoms with E-state index in [1.54, 1.807) is 13.0 Å². The Morgan fingerprint density at radius 2 is 2.05 bits per heavy atom. The number of nitrogens with zero attached hydrogens (tertiary/aromatic N) is 1. The van der Waals surface area contributed by atoms with Gasteiger partial charge in [-0.25, -0.2) is 9.78 Å². The van der Waals surface area contributed by atoms with Crippen molar-refractivity contribution in [2.75, 3.05) is 13.2 Å². The normalized spacial score (nSPS) is 10.6. The minimum atomic E-state index is -0.378. The summed E-state index contributed by atoms with van der Waals surface area (Å²) in [6.45, 7) is 2.01. The van der Waals surface area contributed by atoms with Gasteiger partial charge >= 0.3 is 5.97 Å². The summed E-state index contributed by atoms with van der Waals surface area (Å²) in [5.74, 6) is 0.991. The zero-order valence-corrected chi connectivity index (χ0v) is 12.2. The van der Waals surface area contributed by atoms with Gasteiger partial charge in [-0.15, -0.1) is 0 Å². The van der Waals surface area contributed by atoms with E-state index in [-0.39, 0.29) is 12.6 Å². The van der Waals surface area contributed by atoms with E-state index in [9.17, 15) is 4.79 Å². The molecule has 0 bridgehead atoms. The zero-order chi connectivity index (χ0) is 15.4. The van der Waals surface area contributed by atoms with E-state index in [0.29, 0.717) is 12.4 Å². The average Bonchev–Trinajstić information content (AvgIpc) is 2.98. The second kappa shape index (κ2) is 6.30. The fourth-order valence-electron chi connectivity index (χ4n) is 2.17. The molecule has 0 aliphatic heterocycles. The van der Waals surface area contributed by atoms with Crippen molar-refractivity contribution in [3.63, 3.8) is 0 Å². The number of esters is 1. The predicted molar refractivity (Wildman–Crippen MR) is 83.7 cm³/mol. The molecule has 112 valence electrons. The molecule has 3 rings (SSSR count). The number of benzene rings is 2. The molecule has 0 radical (unpaired) electrons. The highest BCUT2D eigenvalue weighted by Crippen LogP contribution is 2.24. The van der Waals surface area contributed by atoms with Crippen molar-refractivity contribution in [1.29, 1.82) is 0 Å². The molecule has 0 aliphatic rings. The molecular formula is C17H16N2O3. The SMILES string of the molecule is CCOC(=O)COc1cccc(-c2nc3ccccc3[nH]2)c1. The largest absolute Gasteiger partial charge is 0.482 e. The molecule has 0 saturated heterocycles. The van der Waals surface area contributed by atoms with Crippen LogP contribution in [-0.2, 0) is 9.53 Å². The lowest BCUT2D eigenvalue weighted by atomic mass is 10.2. The maximum absolute atomic E-state index is 11.3. The fraction of sp³-hybridized carbons (Fsp3) is 0.176. The summed E-state index contributed by atoms with van der Waals surface area (Å²) < 4.78 is 10.3. The minimum Gasteiger partial charge on any atom is -0.482 e. The third kappa shape index (κ3) is 3.09. The summed E-state index contributed by atoms with van der Waals surface area (Å²) in [4.78, 5) is 19.1. The monoisotopic (exact) mass is 296 g/mol. The van der Waals surface area contributed by atoms with Crippen LogP contribution in [0.15, 0.2) is 48.5 Å². The lowest BCUT2D eigenvalue weighted by molar-refractivity contribution is -0.145. The van der Waals surface area contributed by atoms with Gasteiger partial charge in [0.05, 0.1) is 17.6 Å². The van der Waals surface area contributed by atoms with Gasteiger partial charge in [-0.3, -0.25) is 0 Å². The van der Waals surface area contributed by atoms with E-state index < -0.39 is 0 Å². The van der Waals surface area contributed by atoms with Crippen LogP contribution < -0.4 is 4.74 Å².